The molecule has 1 aliphatic rings. The highest BCUT2D eigenvalue weighted by molar-refractivity contribution is 7.86. The molecule has 1 aromatic rings. The second kappa shape index (κ2) is 5.51. The molecule has 0 saturated carbocycles. The van der Waals surface area contributed by atoms with Crippen molar-refractivity contribution in [1.82, 2.24) is 18.8 Å². The van der Waals surface area contributed by atoms with E-state index in [2.05, 4.69) is 10.2 Å². The van der Waals surface area contributed by atoms with Gasteiger partial charge in [0, 0.05) is 44.9 Å². The molecule has 112 valence electrons. The Balaban J connectivity index is 2.29. The van der Waals surface area contributed by atoms with Crippen molar-refractivity contribution in [2.75, 3.05) is 27.2 Å². The van der Waals surface area contributed by atoms with Gasteiger partial charge in [-0.15, -0.1) is 0 Å². The summed E-state index contributed by atoms with van der Waals surface area (Å²) >= 11 is 0. The summed E-state index contributed by atoms with van der Waals surface area (Å²) in [6.07, 6.45) is 0.495. The van der Waals surface area contributed by atoms with E-state index >= 15 is 0 Å². The van der Waals surface area contributed by atoms with Gasteiger partial charge >= 0.3 is 5.97 Å². The zero-order valence-corrected chi connectivity index (χ0v) is 12.5. The SMILES string of the molecule is CCOC(=O)c1n[nH]c2c1CN(S(=O)(=O)N(C)C)CC2. The number of hydrogen-bond acceptors (Lipinski definition) is 5. The minimum atomic E-state index is -3.50. The third-order valence-electron chi connectivity index (χ3n) is 3.15. The Morgan fingerprint density at radius 3 is 2.80 bits per heavy atom. The van der Waals surface area contributed by atoms with Gasteiger partial charge in [-0.1, -0.05) is 0 Å². The molecule has 2 heterocycles. The summed E-state index contributed by atoms with van der Waals surface area (Å²) in [6.45, 7) is 2.44. The standard InChI is InChI=1S/C11H18N4O4S/c1-4-19-11(16)10-8-7-15(20(17,18)14(2)3)6-5-9(8)12-13-10/h4-7H2,1-3H3,(H,12,13). The highest BCUT2D eigenvalue weighted by Gasteiger charge is 2.32. The first-order valence-corrected chi connectivity index (χ1v) is 7.68. The van der Waals surface area contributed by atoms with Crippen molar-refractivity contribution in [3.63, 3.8) is 0 Å². The van der Waals surface area contributed by atoms with Crippen LogP contribution < -0.4 is 0 Å². The molecule has 0 bridgehead atoms. The zero-order valence-electron chi connectivity index (χ0n) is 11.7. The van der Waals surface area contributed by atoms with E-state index in [9.17, 15) is 13.2 Å². The summed E-state index contributed by atoms with van der Waals surface area (Å²) in [7, 11) is -0.545. The van der Waals surface area contributed by atoms with Gasteiger partial charge < -0.3 is 4.74 Å². The highest BCUT2D eigenvalue weighted by atomic mass is 32.2. The van der Waals surface area contributed by atoms with E-state index in [1.165, 1.54) is 18.4 Å². The quantitative estimate of drug-likeness (QED) is 0.774. The second-order valence-electron chi connectivity index (χ2n) is 4.62. The fraction of sp³-hybridized carbons (Fsp3) is 0.636. The fourth-order valence-electron chi connectivity index (χ4n) is 2.07. The van der Waals surface area contributed by atoms with E-state index in [0.29, 0.717) is 18.5 Å². The second-order valence-corrected chi connectivity index (χ2v) is 6.77. The van der Waals surface area contributed by atoms with Crippen LogP contribution in [-0.2, 0) is 27.9 Å². The number of rotatable bonds is 4. The topological polar surface area (TPSA) is 95.6 Å². The Morgan fingerprint density at radius 2 is 2.20 bits per heavy atom. The van der Waals surface area contributed by atoms with Gasteiger partial charge in [-0.05, 0) is 6.92 Å². The molecular formula is C11H18N4O4S. The fourth-order valence-corrected chi connectivity index (χ4v) is 3.14. The summed E-state index contributed by atoms with van der Waals surface area (Å²) in [5.74, 6) is -0.533. The monoisotopic (exact) mass is 302 g/mol. The predicted octanol–water partition coefficient (Wildman–Crippen LogP) is -0.249. The predicted molar refractivity (Wildman–Crippen MR) is 71.3 cm³/mol. The lowest BCUT2D eigenvalue weighted by atomic mass is 10.1. The minimum absolute atomic E-state index is 0.125. The smallest absolute Gasteiger partial charge is 0.359 e. The van der Waals surface area contributed by atoms with E-state index in [-0.39, 0.29) is 18.8 Å². The van der Waals surface area contributed by atoms with Crippen LogP contribution in [-0.4, -0.2) is 60.4 Å². The van der Waals surface area contributed by atoms with Gasteiger partial charge in [0.25, 0.3) is 10.2 Å². The van der Waals surface area contributed by atoms with Crippen molar-refractivity contribution in [3.05, 3.63) is 17.0 Å². The average Bonchev–Trinajstić information content (AvgIpc) is 2.81. The summed E-state index contributed by atoms with van der Waals surface area (Å²) in [6, 6.07) is 0. The first kappa shape index (κ1) is 14.9. The number of nitrogens with zero attached hydrogens (tertiary/aromatic N) is 3. The maximum Gasteiger partial charge on any atom is 0.359 e. The van der Waals surface area contributed by atoms with Crippen LogP contribution in [0.25, 0.3) is 0 Å². The molecular weight excluding hydrogens is 284 g/mol. The van der Waals surface area contributed by atoms with Crippen LogP contribution in [0.5, 0.6) is 0 Å². The molecule has 0 fully saturated rings. The zero-order chi connectivity index (χ0) is 14.9. The molecule has 9 heteroatoms. The number of aromatic amines is 1. The number of hydrogen-bond donors (Lipinski definition) is 1. The van der Waals surface area contributed by atoms with Gasteiger partial charge in [0.05, 0.1) is 6.61 Å². The third kappa shape index (κ3) is 2.56. The Hall–Kier alpha value is -1.45. The van der Waals surface area contributed by atoms with Crippen LogP contribution in [0, 0.1) is 0 Å². The first-order chi connectivity index (χ1) is 9.37. The number of fused-ring (bicyclic) bond motifs is 1. The van der Waals surface area contributed by atoms with Gasteiger partial charge in [0.2, 0.25) is 0 Å². The van der Waals surface area contributed by atoms with Crippen LogP contribution in [0.2, 0.25) is 0 Å². The maximum atomic E-state index is 12.1. The number of ether oxygens (including phenoxy) is 1. The Bertz CT molecular complexity index is 608. The van der Waals surface area contributed by atoms with Crippen molar-refractivity contribution >= 4 is 16.2 Å². The van der Waals surface area contributed by atoms with E-state index < -0.39 is 16.2 Å². The molecule has 0 radical (unpaired) electrons. The van der Waals surface area contributed by atoms with Crippen molar-refractivity contribution < 1.29 is 17.9 Å². The molecule has 0 unspecified atom stereocenters. The van der Waals surface area contributed by atoms with E-state index in [1.807, 2.05) is 0 Å². The highest BCUT2D eigenvalue weighted by Crippen LogP contribution is 2.23. The molecule has 0 aromatic carbocycles. The Morgan fingerprint density at radius 1 is 1.50 bits per heavy atom. The lowest BCUT2D eigenvalue weighted by Gasteiger charge is -2.28. The normalized spacial score (nSPS) is 16.2. The van der Waals surface area contributed by atoms with E-state index in [4.69, 9.17) is 4.74 Å². The van der Waals surface area contributed by atoms with Gasteiger partial charge in [0.15, 0.2) is 5.69 Å². The Kier molecular flexibility index (Phi) is 4.11. The molecule has 8 nitrogen and oxygen atoms in total. The Labute approximate surface area is 117 Å². The number of aromatic nitrogens is 2. The number of nitrogens with one attached hydrogen (secondary N) is 1. The van der Waals surface area contributed by atoms with Crippen LogP contribution >= 0.6 is 0 Å². The lowest BCUT2D eigenvalue weighted by Crippen LogP contribution is -2.42. The largest absolute Gasteiger partial charge is 0.461 e. The molecule has 0 atom stereocenters. The number of esters is 1. The molecule has 0 saturated heterocycles. The maximum absolute atomic E-state index is 12.1. The molecule has 1 aliphatic heterocycles. The van der Waals surface area contributed by atoms with Crippen molar-refractivity contribution in [3.8, 4) is 0 Å². The van der Waals surface area contributed by atoms with Crippen molar-refractivity contribution in [2.45, 2.75) is 19.9 Å². The number of carbonyl (C=O) groups is 1. The van der Waals surface area contributed by atoms with Crippen LogP contribution in [0.3, 0.4) is 0 Å². The first-order valence-electron chi connectivity index (χ1n) is 6.28. The van der Waals surface area contributed by atoms with Crippen molar-refractivity contribution in [1.29, 1.82) is 0 Å². The molecule has 0 spiro atoms. The van der Waals surface area contributed by atoms with Crippen molar-refractivity contribution in [2.24, 2.45) is 0 Å². The minimum Gasteiger partial charge on any atom is -0.461 e. The van der Waals surface area contributed by atoms with Gasteiger partial charge in [-0.2, -0.15) is 22.1 Å². The lowest BCUT2D eigenvalue weighted by molar-refractivity contribution is 0.0517. The molecule has 20 heavy (non-hydrogen) atoms. The van der Waals surface area contributed by atoms with E-state index in [1.54, 1.807) is 6.92 Å². The summed E-state index contributed by atoms with van der Waals surface area (Å²) < 4.78 is 31.7. The molecule has 2 rings (SSSR count). The van der Waals surface area contributed by atoms with Crippen LogP contribution in [0.4, 0.5) is 0 Å². The molecule has 0 aliphatic carbocycles. The van der Waals surface area contributed by atoms with Gasteiger partial charge in [0.1, 0.15) is 0 Å². The van der Waals surface area contributed by atoms with Crippen LogP contribution in [0.1, 0.15) is 28.7 Å². The average molecular weight is 302 g/mol. The molecule has 1 aromatic heterocycles. The van der Waals surface area contributed by atoms with E-state index in [0.717, 1.165) is 10.00 Å². The molecule has 0 amide bonds. The van der Waals surface area contributed by atoms with Gasteiger partial charge in [-0.25, -0.2) is 4.79 Å². The summed E-state index contributed by atoms with van der Waals surface area (Å²) in [4.78, 5) is 11.8. The summed E-state index contributed by atoms with van der Waals surface area (Å²) in [5.41, 5.74) is 1.55. The van der Waals surface area contributed by atoms with Gasteiger partial charge in [-0.3, -0.25) is 5.10 Å². The summed E-state index contributed by atoms with van der Waals surface area (Å²) in [5, 5.41) is 6.72. The number of carbonyl (C=O) groups excluding carboxylic acids is 1. The van der Waals surface area contributed by atoms with Crippen LogP contribution in [0.15, 0.2) is 0 Å². The third-order valence-corrected chi connectivity index (χ3v) is 5.04. The number of H-pyrrole nitrogens is 1. The molecule has 1 N–H and O–H groups in total.